The van der Waals surface area contributed by atoms with E-state index in [4.69, 9.17) is 25.8 Å². The van der Waals surface area contributed by atoms with Crippen molar-refractivity contribution in [1.82, 2.24) is 10.2 Å². The van der Waals surface area contributed by atoms with Crippen LogP contribution in [0.4, 0.5) is 4.39 Å². The molecular formula is C23H18ClFN2O4. The Kier molecular flexibility index (Phi) is 5.95. The van der Waals surface area contributed by atoms with E-state index < -0.39 is 5.82 Å². The molecule has 0 spiro atoms. The second-order valence-corrected chi connectivity index (χ2v) is 6.96. The number of aromatic hydroxyl groups is 1. The smallest absolute Gasteiger partial charge is 0.173 e. The maximum atomic E-state index is 13.9. The number of aromatic nitrogens is 2. The van der Waals surface area contributed by atoms with Gasteiger partial charge in [0.25, 0.3) is 0 Å². The van der Waals surface area contributed by atoms with Crippen LogP contribution in [0, 0.1) is 5.82 Å². The van der Waals surface area contributed by atoms with Gasteiger partial charge in [-0.1, -0.05) is 17.7 Å². The zero-order valence-electron chi connectivity index (χ0n) is 16.4. The first-order chi connectivity index (χ1) is 15.0. The van der Waals surface area contributed by atoms with E-state index in [2.05, 4.69) is 10.2 Å². The number of rotatable bonds is 7. The van der Waals surface area contributed by atoms with E-state index in [0.29, 0.717) is 34.3 Å². The summed E-state index contributed by atoms with van der Waals surface area (Å²) in [6, 6.07) is 16.3. The third-order valence-electron chi connectivity index (χ3n) is 4.58. The summed E-state index contributed by atoms with van der Waals surface area (Å²) < 4.78 is 30.5. The molecule has 2 N–H and O–H groups in total. The van der Waals surface area contributed by atoms with Crippen LogP contribution in [0.15, 0.2) is 66.9 Å². The van der Waals surface area contributed by atoms with Crippen molar-refractivity contribution in [3.05, 3.63) is 83.3 Å². The maximum absolute atomic E-state index is 13.9. The van der Waals surface area contributed by atoms with Gasteiger partial charge < -0.3 is 19.3 Å². The summed E-state index contributed by atoms with van der Waals surface area (Å²) >= 11 is 6.02. The van der Waals surface area contributed by atoms with Crippen molar-refractivity contribution in [2.45, 2.75) is 6.61 Å². The number of halogens is 2. The number of hydrogen-bond donors (Lipinski definition) is 2. The van der Waals surface area contributed by atoms with Gasteiger partial charge in [0.1, 0.15) is 41.1 Å². The highest BCUT2D eigenvalue weighted by Crippen LogP contribution is 2.38. The first-order valence-corrected chi connectivity index (χ1v) is 9.67. The van der Waals surface area contributed by atoms with E-state index in [1.54, 1.807) is 49.6 Å². The van der Waals surface area contributed by atoms with Gasteiger partial charge >= 0.3 is 0 Å². The molecule has 4 rings (SSSR count). The van der Waals surface area contributed by atoms with Crippen molar-refractivity contribution in [1.29, 1.82) is 0 Å². The number of aromatic amines is 1. The molecule has 0 bridgehead atoms. The fourth-order valence-electron chi connectivity index (χ4n) is 2.95. The van der Waals surface area contributed by atoms with Crippen molar-refractivity contribution in [2.75, 3.05) is 7.11 Å². The van der Waals surface area contributed by atoms with Gasteiger partial charge in [-0.15, -0.1) is 0 Å². The molecule has 1 aromatic heterocycles. The SMILES string of the molecule is COc1ccc(Oc2cn[nH]c2-c2ccc(OCc3c(F)cccc3Cl)cc2O)cc1. The van der Waals surface area contributed by atoms with Crippen molar-refractivity contribution in [3.8, 4) is 40.0 Å². The number of ether oxygens (including phenoxy) is 3. The number of H-pyrrole nitrogens is 1. The van der Waals surface area contributed by atoms with E-state index in [-0.39, 0.29) is 22.9 Å². The summed E-state index contributed by atoms with van der Waals surface area (Å²) in [7, 11) is 1.59. The van der Waals surface area contributed by atoms with Gasteiger partial charge in [0.15, 0.2) is 5.75 Å². The third kappa shape index (κ3) is 4.57. The molecule has 0 radical (unpaired) electrons. The summed E-state index contributed by atoms with van der Waals surface area (Å²) in [5, 5.41) is 17.6. The highest BCUT2D eigenvalue weighted by atomic mass is 35.5. The van der Waals surface area contributed by atoms with Crippen molar-refractivity contribution < 1.29 is 23.7 Å². The fourth-order valence-corrected chi connectivity index (χ4v) is 3.17. The van der Waals surface area contributed by atoms with Crippen LogP contribution in [0.3, 0.4) is 0 Å². The summed E-state index contributed by atoms with van der Waals surface area (Å²) in [6.45, 7) is -0.0693. The number of hydrogen-bond acceptors (Lipinski definition) is 5. The van der Waals surface area contributed by atoms with Gasteiger partial charge in [0.2, 0.25) is 0 Å². The van der Waals surface area contributed by atoms with Crippen LogP contribution in [0.5, 0.6) is 28.7 Å². The Morgan fingerprint density at radius 3 is 2.48 bits per heavy atom. The lowest BCUT2D eigenvalue weighted by molar-refractivity contribution is 0.298. The van der Waals surface area contributed by atoms with E-state index in [9.17, 15) is 9.50 Å². The summed E-state index contributed by atoms with van der Waals surface area (Å²) in [5.74, 6) is 1.59. The van der Waals surface area contributed by atoms with Gasteiger partial charge in [-0.2, -0.15) is 5.10 Å². The molecule has 0 unspecified atom stereocenters. The van der Waals surface area contributed by atoms with Crippen molar-refractivity contribution in [2.24, 2.45) is 0 Å². The Bertz CT molecular complexity index is 1170. The van der Waals surface area contributed by atoms with Crippen LogP contribution in [0.25, 0.3) is 11.3 Å². The van der Waals surface area contributed by atoms with Crippen molar-refractivity contribution in [3.63, 3.8) is 0 Å². The number of phenolic OH excluding ortho intramolecular Hbond substituents is 1. The lowest BCUT2D eigenvalue weighted by Gasteiger charge is -2.11. The molecule has 0 fully saturated rings. The fraction of sp³-hybridized carbons (Fsp3) is 0.0870. The molecule has 0 aliphatic rings. The van der Waals surface area contributed by atoms with E-state index in [1.807, 2.05) is 0 Å². The van der Waals surface area contributed by atoms with E-state index >= 15 is 0 Å². The molecule has 31 heavy (non-hydrogen) atoms. The largest absolute Gasteiger partial charge is 0.507 e. The number of benzene rings is 3. The lowest BCUT2D eigenvalue weighted by Crippen LogP contribution is -1.99. The van der Waals surface area contributed by atoms with Crippen LogP contribution >= 0.6 is 11.6 Å². The van der Waals surface area contributed by atoms with Gasteiger partial charge in [-0.3, -0.25) is 5.10 Å². The summed E-state index contributed by atoms with van der Waals surface area (Å²) in [4.78, 5) is 0. The average molecular weight is 441 g/mol. The predicted molar refractivity (Wildman–Crippen MR) is 114 cm³/mol. The normalized spacial score (nSPS) is 10.7. The monoisotopic (exact) mass is 440 g/mol. The standard InChI is InChI=1S/C23H18ClFN2O4/c1-29-14-5-7-15(8-6-14)31-22-12-26-27-23(22)17-10-9-16(11-21(17)28)30-13-18-19(24)3-2-4-20(18)25/h2-12,28H,13H2,1H3,(H,26,27). The van der Waals surface area contributed by atoms with E-state index in [0.717, 1.165) is 0 Å². The maximum Gasteiger partial charge on any atom is 0.173 e. The first-order valence-electron chi connectivity index (χ1n) is 9.29. The van der Waals surface area contributed by atoms with Crippen LogP contribution in [-0.4, -0.2) is 22.4 Å². The first kappa shape index (κ1) is 20.6. The number of methoxy groups -OCH3 is 1. The lowest BCUT2D eigenvalue weighted by atomic mass is 10.1. The minimum atomic E-state index is -0.453. The third-order valence-corrected chi connectivity index (χ3v) is 4.93. The molecule has 0 saturated heterocycles. The number of phenols is 1. The molecule has 6 nitrogen and oxygen atoms in total. The zero-order valence-corrected chi connectivity index (χ0v) is 17.2. The summed E-state index contributed by atoms with van der Waals surface area (Å²) in [5.41, 5.74) is 1.21. The molecule has 0 aliphatic carbocycles. The van der Waals surface area contributed by atoms with Crippen LogP contribution in [-0.2, 0) is 6.61 Å². The molecule has 8 heteroatoms. The second kappa shape index (κ2) is 8.97. The zero-order chi connectivity index (χ0) is 21.8. The van der Waals surface area contributed by atoms with Gasteiger partial charge in [0, 0.05) is 17.2 Å². The Morgan fingerprint density at radius 1 is 1.03 bits per heavy atom. The highest BCUT2D eigenvalue weighted by molar-refractivity contribution is 6.31. The predicted octanol–water partition coefficient (Wildman–Crippen LogP) is 5.95. The molecule has 0 saturated carbocycles. The molecular weight excluding hydrogens is 423 g/mol. The van der Waals surface area contributed by atoms with Crippen LogP contribution in [0.2, 0.25) is 5.02 Å². The van der Waals surface area contributed by atoms with E-state index in [1.165, 1.54) is 24.4 Å². The number of nitrogens with zero attached hydrogens (tertiary/aromatic N) is 1. The summed E-state index contributed by atoms with van der Waals surface area (Å²) in [6.07, 6.45) is 1.52. The average Bonchev–Trinajstić information content (AvgIpc) is 3.22. The highest BCUT2D eigenvalue weighted by Gasteiger charge is 2.15. The minimum absolute atomic E-state index is 0.0547. The Morgan fingerprint density at radius 2 is 1.77 bits per heavy atom. The van der Waals surface area contributed by atoms with Gasteiger partial charge in [0.05, 0.1) is 18.3 Å². The Balaban J connectivity index is 1.51. The quantitative estimate of drug-likeness (QED) is 0.371. The molecule has 0 amide bonds. The minimum Gasteiger partial charge on any atom is -0.507 e. The Labute approximate surface area is 182 Å². The molecule has 158 valence electrons. The van der Waals surface area contributed by atoms with Gasteiger partial charge in [-0.05, 0) is 48.5 Å². The Hall–Kier alpha value is -3.71. The molecule has 4 aromatic rings. The topological polar surface area (TPSA) is 76.6 Å². The van der Waals surface area contributed by atoms with Crippen LogP contribution in [0.1, 0.15) is 5.56 Å². The molecule has 3 aromatic carbocycles. The number of nitrogens with one attached hydrogen (secondary N) is 1. The van der Waals surface area contributed by atoms with Crippen LogP contribution < -0.4 is 14.2 Å². The van der Waals surface area contributed by atoms with Crippen molar-refractivity contribution >= 4 is 11.6 Å². The van der Waals surface area contributed by atoms with Gasteiger partial charge in [-0.25, -0.2) is 4.39 Å². The molecule has 0 aliphatic heterocycles. The molecule has 0 atom stereocenters. The second-order valence-electron chi connectivity index (χ2n) is 6.55. The molecule has 1 heterocycles.